The van der Waals surface area contributed by atoms with Crippen LogP contribution in [0.2, 0.25) is 5.02 Å². The van der Waals surface area contributed by atoms with Crippen LogP contribution in [0.5, 0.6) is 11.5 Å². The Morgan fingerprint density at radius 2 is 2.00 bits per heavy atom. The first-order chi connectivity index (χ1) is 12.1. The topological polar surface area (TPSA) is 47.6 Å². The van der Waals surface area contributed by atoms with Crippen LogP contribution in [-0.4, -0.2) is 25.7 Å². The molecule has 0 unspecified atom stereocenters. The summed E-state index contributed by atoms with van der Waals surface area (Å²) in [4.78, 5) is 12.3. The first kappa shape index (κ1) is 19.1. The van der Waals surface area contributed by atoms with E-state index in [9.17, 15) is 4.79 Å². The molecule has 0 heterocycles. The van der Waals surface area contributed by atoms with Gasteiger partial charge in [0.1, 0.15) is 11.5 Å². The Morgan fingerprint density at radius 3 is 2.72 bits per heavy atom. The molecule has 134 valence electrons. The molecule has 2 rings (SSSR count). The molecule has 0 bridgehead atoms. The molecule has 2 aromatic rings. The van der Waals surface area contributed by atoms with Crippen LogP contribution in [0.3, 0.4) is 0 Å². The van der Waals surface area contributed by atoms with Crippen LogP contribution >= 0.6 is 11.6 Å². The fourth-order valence-electron chi connectivity index (χ4n) is 2.46. The van der Waals surface area contributed by atoms with Crippen molar-refractivity contribution in [3.8, 4) is 11.5 Å². The van der Waals surface area contributed by atoms with E-state index in [2.05, 4.69) is 11.4 Å². The number of para-hydroxylation sites is 1. The highest BCUT2D eigenvalue weighted by atomic mass is 35.5. The Bertz CT molecular complexity index is 690. The van der Waals surface area contributed by atoms with E-state index in [0.29, 0.717) is 23.7 Å². The quantitative estimate of drug-likeness (QED) is 0.679. The molecule has 5 heteroatoms. The molecule has 0 spiro atoms. The van der Waals surface area contributed by atoms with Crippen molar-refractivity contribution < 1.29 is 14.3 Å². The molecule has 0 saturated heterocycles. The molecule has 0 aliphatic carbocycles. The van der Waals surface area contributed by atoms with Crippen molar-refractivity contribution in [3.05, 3.63) is 59.1 Å². The smallest absolute Gasteiger partial charge is 0.261 e. The zero-order valence-electron chi connectivity index (χ0n) is 14.6. The Morgan fingerprint density at radius 1 is 1.20 bits per heavy atom. The Kier molecular flexibility index (Phi) is 7.61. The summed E-state index contributed by atoms with van der Waals surface area (Å²) in [6, 6.07) is 15.1. The van der Waals surface area contributed by atoms with Crippen molar-refractivity contribution in [2.45, 2.75) is 32.3 Å². The van der Waals surface area contributed by atoms with E-state index in [-0.39, 0.29) is 5.91 Å². The van der Waals surface area contributed by atoms with Crippen LogP contribution < -0.4 is 14.8 Å². The molecule has 0 radical (unpaired) electrons. The standard InChI is InChI=1S/C20H24ClNO3/c1-3-18(25-19-12-5-4-11-17(19)21)20(23)22-13-7-9-15-8-6-10-16(14-15)24-2/h4-6,8,10-12,14,18H,3,7,9,13H2,1-2H3,(H,22,23)/t18-/m0/s1. The fourth-order valence-corrected chi connectivity index (χ4v) is 2.64. The minimum Gasteiger partial charge on any atom is -0.497 e. The lowest BCUT2D eigenvalue weighted by Crippen LogP contribution is -2.38. The van der Waals surface area contributed by atoms with Crippen LogP contribution in [0.25, 0.3) is 0 Å². The molecule has 1 N–H and O–H groups in total. The molecule has 1 atom stereocenters. The number of carbonyl (C=O) groups excluding carboxylic acids is 1. The predicted octanol–water partition coefficient (Wildman–Crippen LogP) is 4.26. The third-order valence-corrected chi connectivity index (χ3v) is 4.16. The van der Waals surface area contributed by atoms with Crippen molar-refractivity contribution in [2.75, 3.05) is 13.7 Å². The number of amides is 1. The number of carbonyl (C=O) groups is 1. The lowest BCUT2D eigenvalue weighted by molar-refractivity contribution is -0.128. The van der Waals surface area contributed by atoms with E-state index < -0.39 is 6.10 Å². The van der Waals surface area contributed by atoms with Crippen molar-refractivity contribution >= 4 is 17.5 Å². The van der Waals surface area contributed by atoms with Gasteiger partial charge in [-0.25, -0.2) is 0 Å². The highest BCUT2D eigenvalue weighted by molar-refractivity contribution is 6.32. The van der Waals surface area contributed by atoms with Gasteiger partial charge in [-0.1, -0.05) is 42.8 Å². The van der Waals surface area contributed by atoms with Crippen LogP contribution in [-0.2, 0) is 11.2 Å². The molecule has 0 aliphatic rings. The predicted molar refractivity (Wildman–Crippen MR) is 100 cm³/mol. The summed E-state index contributed by atoms with van der Waals surface area (Å²) < 4.78 is 11.0. The van der Waals surface area contributed by atoms with Gasteiger partial charge in [-0.05, 0) is 49.1 Å². The molecule has 0 fully saturated rings. The van der Waals surface area contributed by atoms with E-state index in [1.165, 1.54) is 5.56 Å². The zero-order chi connectivity index (χ0) is 18.1. The van der Waals surface area contributed by atoms with Gasteiger partial charge < -0.3 is 14.8 Å². The van der Waals surface area contributed by atoms with Crippen molar-refractivity contribution in [2.24, 2.45) is 0 Å². The third-order valence-electron chi connectivity index (χ3n) is 3.84. The monoisotopic (exact) mass is 361 g/mol. The van der Waals surface area contributed by atoms with Gasteiger partial charge in [0.25, 0.3) is 5.91 Å². The average Bonchev–Trinajstić information content (AvgIpc) is 2.64. The first-order valence-corrected chi connectivity index (χ1v) is 8.83. The fraction of sp³-hybridized carbons (Fsp3) is 0.350. The van der Waals surface area contributed by atoms with Crippen molar-refractivity contribution in [3.63, 3.8) is 0 Å². The third kappa shape index (κ3) is 5.98. The average molecular weight is 362 g/mol. The maximum absolute atomic E-state index is 12.3. The summed E-state index contributed by atoms with van der Waals surface area (Å²) in [6.45, 7) is 2.51. The number of ether oxygens (including phenoxy) is 2. The number of rotatable bonds is 9. The number of aryl methyl sites for hydroxylation is 1. The van der Waals surface area contributed by atoms with E-state index in [1.54, 1.807) is 19.2 Å². The van der Waals surface area contributed by atoms with Gasteiger partial charge in [-0.2, -0.15) is 0 Å². The van der Waals surface area contributed by atoms with Crippen LogP contribution in [0.1, 0.15) is 25.3 Å². The van der Waals surface area contributed by atoms with Crippen molar-refractivity contribution in [1.82, 2.24) is 5.32 Å². The number of hydrogen-bond donors (Lipinski definition) is 1. The summed E-state index contributed by atoms with van der Waals surface area (Å²) in [5, 5.41) is 3.44. The van der Waals surface area contributed by atoms with Gasteiger partial charge in [0.2, 0.25) is 0 Å². The molecule has 2 aromatic carbocycles. The summed E-state index contributed by atoms with van der Waals surface area (Å²) in [7, 11) is 1.66. The van der Waals surface area contributed by atoms with Crippen LogP contribution in [0, 0.1) is 0 Å². The molecule has 0 saturated carbocycles. The Hall–Kier alpha value is -2.20. The largest absolute Gasteiger partial charge is 0.497 e. The summed E-state index contributed by atoms with van der Waals surface area (Å²) in [5.74, 6) is 1.26. The summed E-state index contributed by atoms with van der Waals surface area (Å²) >= 11 is 6.08. The molecule has 25 heavy (non-hydrogen) atoms. The molecular weight excluding hydrogens is 338 g/mol. The second kappa shape index (κ2) is 9.94. The highest BCUT2D eigenvalue weighted by Crippen LogP contribution is 2.24. The number of nitrogens with one attached hydrogen (secondary N) is 1. The summed E-state index contributed by atoms with van der Waals surface area (Å²) in [5.41, 5.74) is 1.19. The van der Waals surface area contributed by atoms with Crippen LogP contribution in [0.15, 0.2) is 48.5 Å². The highest BCUT2D eigenvalue weighted by Gasteiger charge is 2.18. The Balaban J connectivity index is 1.79. The van der Waals surface area contributed by atoms with Gasteiger partial charge >= 0.3 is 0 Å². The summed E-state index contributed by atoms with van der Waals surface area (Å²) in [6.07, 6.45) is 1.75. The molecule has 1 amide bonds. The first-order valence-electron chi connectivity index (χ1n) is 8.46. The molecule has 4 nitrogen and oxygen atoms in total. The van der Waals surface area contributed by atoms with E-state index in [0.717, 1.165) is 18.6 Å². The lowest BCUT2D eigenvalue weighted by Gasteiger charge is -2.18. The molecule has 0 aromatic heterocycles. The van der Waals surface area contributed by atoms with Crippen LogP contribution in [0.4, 0.5) is 0 Å². The van der Waals surface area contributed by atoms with Gasteiger partial charge in [-0.3, -0.25) is 4.79 Å². The van der Waals surface area contributed by atoms with E-state index in [4.69, 9.17) is 21.1 Å². The van der Waals surface area contributed by atoms with E-state index in [1.807, 2.05) is 37.3 Å². The van der Waals surface area contributed by atoms with Gasteiger partial charge in [0.05, 0.1) is 12.1 Å². The van der Waals surface area contributed by atoms with Gasteiger partial charge in [0.15, 0.2) is 6.10 Å². The minimum absolute atomic E-state index is 0.118. The maximum atomic E-state index is 12.3. The lowest BCUT2D eigenvalue weighted by atomic mass is 10.1. The second-order valence-corrected chi connectivity index (χ2v) is 6.10. The normalized spacial score (nSPS) is 11.6. The molecule has 0 aliphatic heterocycles. The number of halogens is 1. The van der Waals surface area contributed by atoms with E-state index >= 15 is 0 Å². The van der Waals surface area contributed by atoms with Gasteiger partial charge in [0, 0.05) is 6.54 Å². The zero-order valence-corrected chi connectivity index (χ0v) is 15.4. The number of hydrogen-bond acceptors (Lipinski definition) is 3. The Labute approximate surface area is 154 Å². The number of benzene rings is 2. The maximum Gasteiger partial charge on any atom is 0.261 e. The number of methoxy groups -OCH3 is 1. The second-order valence-electron chi connectivity index (χ2n) is 5.69. The minimum atomic E-state index is -0.545. The molecular formula is C20H24ClNO3. The van der Waals surface area contributed by atoms with Gasteiger partial charge in [-0.15, -0.1) is 0 Å². The SMILES string of the molecule is CC[C@H](Oc1ccccc1Cl)C(=O)NCCCc1cccc(OC)c1. The van der Waals surface area contributed by atoms with Crippen molar-refractivity contribution in [1.29, 1.82) is 0 Å².